The molecule has 0 saturated carbocycles. The Labute approximate surface area is 107 Å². The van der Waals surface area contributed by atoms with Gasteiger partial charge in [0.2, 0.25) is 0 Å². The first kappa shape index (κ1) is 12.2. The largest absolute Gasteiger partial charge is 0.295 e. The van der Waals surface area contributed by atoms with Crippen molar-refractivity contribution >= 4 is 17.9 Å². The van der Waals surface area contributed by atoms with Gasteiger partial charge in [-0.2, -0.15) is 0 Å². The molecule has 18 heavy (non-hydrogen) atoms. The van der Waals surface area contributed by atoms with Crippen molar-refractivity contribution in [3.63, 3.8) is 0 Å². The number of hydrogen-bond acceptors (Lipinski definition) is 2. The zero-order valence-corrected chi connectivity index (χ0v) is 10.6. The number of ketones is 1. The van der Waals surface area contributed by atoms with Crippen molar-refractivity contribution in [2.45, 2.75) is 13.8 Å². The summed E-state index contributed by atoms with van der Waals surface area (Å²) in [6.45, 7) is 3.54. The minimum atomic E-state index is 0.0888. The third-order valence-corrected chi connectivity index (χ3v) is 2.67. The van der Waals surface area contributed by atoms with E-state index in [1.165, 1.54) is 0 Å². The Morgan fingerprint density at radius 1 is 1.06 bits per heavy atom. The third-order valence-electron chi connectivity index (χ3n) is 2.67. The lowest BCUT2D eigenvalue weighted by Crippen LogP contribution is -1.90. The van der Waals surface area contributed by atoms with Crippen molar-refractivity contribution in [3.8, 4) is 0 Å². The summed E-state index contributed by atoms with van der Waals surface area (Å²) in [6.07, 6.45) is 3.96. The summed E-state index contributed by atoms with van der Waals surface area (Å²) in [5, 5.41) is 0. The molecular formula is C16H15NO. The molecule has 2 rings (SSSR count). The Hall–Kier alpha value is -2.22. The Morgan fingerprint density at radius 2 is 1.78 bits per heavy atom. The molecule has 0 spiro atoms. The number of aryl methyl sites for hydroxylation is 1. The highest BCUT2D eigenvalue weighted by Gasteiger charge is 1.97. The van der Waals surface area contributed by atoms with Crippen molar-refractivity contribution in [2.75, 3.05) is 0 Å². The van der Waals surface area contributed by atoms with Crippen LogP contribution in [0.2, 0.25) is 0 Å². The van der Waals surface area contributed by atoms with Crippen molar-refractivity contribution in [1.82, 2.24) is 4.98 Å². The van der Waals surface area contributed by atoms with Gasteiger partial charge in [-0.1, -0.05) is 36.4 Å². The number of Topliss-reactive ketones (excluding diaryl/α,β-unsaturated/α-hetero) is 1. The van der Waals surface area contributed by atoms with Crippen LogP contribution in [0.5, 0.6) is 0 Å². The first-order chi connectivity index (χ1) is 8.65. The zero-order chi connectivity index (χ0) is 13.0. The standard InChI is InChI=1S/C16H15NO/c1-12-4-3-5-16(17-12)11-8-14-6-9-15(10-7-14)13(2)18/h3-11H,1-2H3. The molecule has 0 amide bonds. The van der Waals surface area contributed by atoms with Gasteiger partial charge in [-0.3, -0.25) is 9.78 Å². The van der Waals surface area contributed by atoms with E-state index >= 15 is 0 Å². The molecule has 2 heteroatoms. The van der Waals surface area contributed by atoms with E-state index in [0.717, 1.165) is 22.5 Å². The monoisotopic (exact) mass is 237 g/mol. The second kappa shape index (κ2) is 5.41. The van der Waals surface area contributed by atoms with Crippen LogP contribution in [0, 0.1) is 6.92 Å². The molecule has 0 aliphatic carbocycles. The number of carbonyl (C=O) groups is 1. The van der Waals surface area contributed by atoms with E-state index in [9.17, 15) is 4.79 Å². The second-order valence-electron chi connectivity index (χ2n) is 4.22. The van der Waals surface area contributed by atoms with Gasteiger partial charge in [0.25, 0.3) is 0 Å². The summed E-state index contributed by atoms with van der Waals surface area (Å²) in [7, 11) is 0. The number of carbonyl (C=O) groups excluding carboxylic acids is 1. The van der Waals surface area contributed by atoms with E-state index in [-0.39, 0.29) is 5.78 Å². The normalized spacial score (nSPS) is 10.8. The molecule has 2 aromatic rings. The molecule has 0 aliphatic heterocycles. The van der Waals surface area contributed by atoms with Crippen LogP contribution in [-0.4, -0.2) is 10.8 Å². The fourth-order valence-corrected chi connectivity index (χ4v) is 1.67. The highest BCUT2D eigenvalue weighted by atomic mass is 16.1. The summed E-state index contributed by atoms with van der Waals surface area (Å²) >= 11 is 0. The molecule has 1 aromatic carbocycles. The lowest BCUT2D eigenvalue weighted by molar-refractivity contribution is 0.101. The van der Waals surface area contributed by atoms with Gasteiger partial charge in [-0.05, 0) is 37.6 Å². The molecule has 2 nitrogen and oxygen atoms in total. The third kappa shape index (κ3) is 3.14. The Bertz CT molecular complexity index is 582. The molecule has 0 aliphatic rings. The fraction of sp³-hybridized carbons (Fsp3) is 0.125. The lowest BCUT2D eigenvalue weighted by atomic mass is 10.1. The molecule has 0 atom stereocenters. The van der Waals surface area contributed by atoms with E-state index < -0.39 is 0 Å². The van der Waals surface area contributed by atoms with Gasteiger partial charge in [-0.25, -0.2) is 0 Å². The fourth-order valence-electron chi connectivity index (χ4n) is 1.67. The van der Waals surface area contributed by atoms with Crippen LogP contribution in [-0.2, 0) is 0 Å². The van der Waals surface area contributed by atoms with Gasteiger partial charge in [-0.15, -0.1) is 0 Å². The van der Waals surface area contributed by atoms with Crippen LogP contribution < -0.4 is 0 Å². The van der Waals surface area contributed by atoms with Crippen LogP contribution in [0.25, 0.3) is 12.2 Å². The molecule has 0 saturated heterocycles. The molecule has 0 radical (unpaired) electrons. The SMILES string of the molecule is CC(=O)c1ccc(C=Cc2cccc(C)n2)cc1. The van der Waals surface area contributed by atoms with Crippen LogP contribution in [0.3, 0.4) is 0 Å². The molecule has 0 bridgehead atoms. The Kier molecular flexibility index (Phi) is 3.68. The zero-order valence-electron chi connectivity index (χ0n) is 10.6. The molecule has 90 valence electrons. The van der Waals surface area contributed by atoms with Crippen LogP contribution in [0.1, 0.15) is 34.2 Å². The topological polar surface area (TPSA) is 30.0 Å². The van der Waals surface area contributed by atoms with Crippen LogP contribution in [0.15, 0.2) is 42.5 Å². The summed E-state index contributed by atoms with van der Waals surface area (Å²) < 4.78 is 0. The van der Waals surface area contributed by atoms with Crippen molar-refractivity contribution in [3.05, 3.63) is 65.0 Å². The molecule has 0 fully saturated rings. The van der Waals surface area contributed by atoms with E-state index in [1.54, 1.807) is 6.92 Å². The number of pyridine rings is 1. The second-order valence-corrected chi connectivity index (χ2v) is 4.22. The minimum absolute atomic E-state index is 0.0888. The number of hydrogen-bond donors (Lipinski definition) is 0. The van der Waals surface area contributed by atoms with Crippen molar-refractivity contribution < 1.29 is 4.79 Å². The van der Waals surface area contributed by atoms with Gasteiger partial charge in [0.1, 0.15) is 0 Å². The predicted molar refractivity (Wildman–Crippen MR) is 74.3 cm³/mol. The number of benzene rings is 1. The molecule has 0 unspecified atom stereocenters. The maximum atomic E-state index is 11.1. The highest BCUT2D eigenvalue weighted by molar-refractivity contribution is 5.94. The van der Waals surface area contributed by atoms with E-state index in [4.69, 9.17) is 0 Å². The van der Waals surface area contributed by atoms with Crippen molar-refractivity contribution in [2.24, 2.45) is 0 Å². The van der Waals surface area contributed by atoms with E-state index in [1.807, 2.05) is 61.5 Å². The van der Waals surface area contributed by atoms with Gasteiger partial charge < -0.3 is 0 Å². The Morgan fingerprint density at radius 3 is 2.39 bits per heavy atom. The van der Waals surface area contributed by atoms with Crippen molar-refractivity contribution in [1.29, 1.82) is 0 Å². The summed E-state index contributed by atoms with van der Waals surface area (Å²) in [5.41, 5.74) is 3.74. The maximum absolute atomic E-state index is 11.1. The number of aromatic nitrogens is 1. The quantitative estimate of drug-likeness (QED) is 0.761. The molecule has 0 N–H and O–H groups in total. The molecule has 1 heterocycles. The summed E-state index contributed by atoms with van der Waals surface area (Å²) in [5.74, 6) is 0.0888. The van der Waals surface area contributed by atoms with Crippen LogP contribution >= 0.6 is 0 Å². The maximum Gasteiger partial charge on any atom is 0.159 e. The predicted octanol–water partition coefficient (Wildman–Crippen LogP) is 3.76. The van der Waals surface area contributed by atoms with E-state index in [2.05, 4.69) is 4.98 Å². The smallest absolute Gasteiger partial charge is 0.159 e. The van der Waals surface area contributed by atoms with E-state index in [0.29, 0.717) is 0 Å². The number of nitrogens with zero attached hydrogens (tertiary/aromatic N) is 1. The highest BCUT2D eigenvalue weighted by Crippen LogP contribution is 2.09. The number of rotatable bonds is 3. The molecule has 1 aromatic heterocycles. The van der Waals surface area contributed by atoms with Gasteiger partial charge >= 0.3 is 0 Å². The Balaban J connectivity index is 2.16. The van der Waals surface area contributed by atoms with Gasteiger partial charge in [0.15, 0.2) is 5.78 Å². The average molecular weight is 237 g/mol. The van der Waals surface area contributed by atoms with Gasteiger partial charge in [0.05, 0.1) is 5.69 Å². The lowest BCUT2D eigenvalue weighted by Gasteiger charge is -1.97. The van der Waals surface area contributed by atoms with Gasteiger partial charge in [0, 0.05) is 11.3 Å². The minimum Gasteiger partial charge on any atom is -0.295 e. The summed E-state index contributed by atoms with van der Waals surface area (Å²) in [4.78, 5) is 15.5. The summed E-state index contributed by atoms with van der Waals surface area (Å²) in [6, 6.07) is 13.5. The van der Waals surface area contributed by atoms with Crippen LogP contribution in [0.4, 0.5) is 0 Å². The first-order valence-corrected chi connectivity index (χ1v) is 5.88. The first-order valence-electron chi connectivity index (χ1n) is 5.88. The average Bonchev–Trinajstić information content (AvgIpc) is 2.37. The molecular weight excluding hydrogens is 222 g/mol.